The normalized spacial score (nSPS) is 16.2. The van der Waals surface area contributed by atoms with E-state index in [0.29, 0.717) is 28.8 Å². The van der Waals surface area contributed by atoms with E-state index >= 15 is 0 Å². The molecule has 1 aromatic rings. The summed E-state index contributed by atoms with van der Waals surface area (Å²) in [4.78, 5) is 1.84. The molecule has 108 valence electrons. The number of hydrogen-bond donors (Lipinski definition) is 1. The first-order valence-corrected chi connectivity index (χ1v) is 8.95. The van der Waals surface area contributed by atoms with Crippen LogP contribution in [0.5, 0.6) is 0 Å². The maximum atomic E-state index is 12.7. The van der Waals surface area contributed by atoms with Gasteiger partial charge in [-0.2, -0.15) is 4.31 Å². The third-order valence-electron chi connectivity index (χ3n) is 3.33. The summed E-state index contributed by atoms with van der Waals surface area (Å²) in [6.07, 6.45) is 3.10. The van der Waals surface area contributed by atoms with Crippen LogP contribution in [-0.4, -0.2) is 30.9 Å². The van der Waals surface area contributed by atoms with Gasteiger partial charge in [0.25, 0.3) is 0 Å². The Bertz CT molecular complexity index is 532. The summed E-state index contributed by atoms with van der Waals surface area (Å²) >= 11 is 1.36. The zero-order valence-corrected chi connectivity index (χ0v) is 13.1. The molecule has 19 heavy (non-hydrogen) atoms. The second-order valence-corrected chi connectivity index (χ2v) is 8.34. The van der Waals surface area contributed by atoms with Gasteiger partial charge < -0.3 is 5.11 Å². The molecule has 0 aromatic carbocycles. The van der Waals surface area contributed by atoms with Crippen molar-refractivity contribution in [2.75, 3.05) is 13.1 Å². The van der Waals surface area contributed by atoms with Gasteiger partial charge >= 0.3 is 0 Å². The van der Waals surface area contributed by atoms with E-state index in [2.05, 4.69) is 0 Å². The maximum absolute atomic E-state index is 12.7. The number of aliphatic hydroxyl groups excluding tert-OH is 1. The average Bonchev–Trinajstić information content (AvgIpc) is 3.09. The molecule has 1 aliphatic carbocycles. The number of nitrogens with zero attached hydrogens (tertiary/aromatic N) is 1. The van der Waals surface area contributed by atoms with Gasteiger partial charge in [-0.05, 0) is 38.2 Å². The summed E-state index contributed by atoms with van der Waals surface area (Å²) in [5.74, 6) is 0.539. The van der Waals surface area contributed by atoms with E-state index in [1.54, 1.807) is 17.3 Å². The Labute approximate surface area is 119 Å². The molecule has 0 saturated heterocycles. The molecule has 0 amide bonds. The Hall–Kier alpha value is -0.430. The van der Waals surface area contributed by atoms with Crippen LogP contribution in [0.1, 0.15) is 35.9 Å². The Balaban J connectivity index is 2.28. The summed E-state index contributed by atoms with van der Waals surface area (Å²) in [5.41, 5.74) is 0. The van der Waals surface area contributed by atoms with Crippen molar-refractivity contribution < 1.29 is 13.5 Å². The van der Waals surface area contributed by atoms with E-state index in [1.807, 2.05) is 6.92 Å². The highest BCUT2D eigenvalue weighted by Gasteiger charge is 2.32. The molecule has 2 rings (SSSR count). The van der Waals surface area contributed by atoms with Gasteiger partial charge in [0.05, 0.1) is 11.5 Å². The summed E-state index contributed by atoms with van der Waals surface area (Å²) in [6.45, 7) is 4.91. The molecule has 1 aromatic heterocycles. The van der Waals surface area contributed by atoms with Crippen LogP contribution in [0.4, 0.5) is 0 Å². The van der Waals surface area contributed by atoms with Gasteiger partial charge in [0.1, 0.15) is 0 Å². The molecule has 0 aliphatic heterocycles. The molecule has 0 bridgehead atoms. The molecule has 1 aliphatic rings. The Kier molecular flexibility index (Phi) is 4.66. The quantitative estimate of drug-likeness (QED) is 0.841. The predicted octanol–water partition coefficient (Wildman–Crippen LogP) is 2.36. The van der Waals surface area contributed by atoms with Gasteiger partial charge in [-0.3, -0.25) is 0 Å². The Morgan fingerprint density at radius 1 is 1.47 bits per heavy atom. The molecule has 1 fully saturated rings. The van der Waals surface area contributed by atoms with Crippen LogP contribution in [-0.2, 0) is 16.6 Å². The first-order chi connectivity index (χ1) is 8.98. The SMILES string of the molecule is CCCN(CC1CC1)S(=O)(=O)c1cc(CO)sc1C. The fourth-order valence-corrected chi connectivity index (χ4v) is 5.22. The van der Waals surface area contributed by atoms with Gasteiger partial charge in [0.2, 0.25) is 10.0 Å². The molecule has 6 heteroatoms. The van der Waals surface area contributed by atoms with Crippen molar-refractivity contribution >= 4 is 21.4 Å². The van der Waals surface area contributed by atoms with E-state index in [0.717, 1.165) is 24.1 Å². The van der Waals surface area contributed by atoms with Crippen molar-refractivity contribution in [2.24, 2.45) is 5.92 Å². The second-order valence-electron chi connectivity index (χ2n) is 5.10. The van der Waals surface area contributed by atoms with Crippen molar-refractivity contribution in [2.45, 2.75) is 44.6 Å². The summed E-state index contributed by atoms with van der Waals surface area (Å²) < 4.78 is 27.0. The number of rotatable bonds is 7. The molecular formula is C13H21NO3S2. The number of thiophene rings is 1. The van der Waals surface area contributed by atoms with Gasteiger partial charge in [-0.25, -0.2) is 8.42 Å². The van der Waals surface area contributed by atoms with Gasteiger partial charge in [0.15, 0.2) is 0 Å². The lowest BCUT2D eigenvalue weighted by molar-refractivity contribution is 0.285. The van der Waals surface area contributed by atoms with Gasteiger partial charge in [-0.1, -0.05) is 6.92 Å². The number of aliphatic hydroxyl groups is 1. The lowest BCUT2D eigenvalue weighted by Gasteiger charge is -2.21. The van der Waals surface area contributed by atoms with E-state index in [-0.39, 0.29) is 6.61 Å². The van der Waals surface area contributed by atoms with E-state index < -0.39 is 10.0 Å². The molecule has 1 N–H and O–H groups in total. The number of aryl methyl sites for hydroxylation is 1. The minimum absolute atomic E-state index is 0.0998. The highest BCUT2D eigenvalue weighted by atomic mass is 32.2. The predicted molar refractivity (Wildman–Crippen MR) is 76.8 cm³/mol. The van der Waals surface area contributed by atoms with Crippen LogP contribution < -0.4 is 0 Å². The van der Waals surface area contributed by atoms with Crippen LogP contribution >= 0.6 is 11.3 Å². The minimum Gasteiger partial charge on any atom is -0.391 e. The van der Waals surface area contributed by atoms with E-state index in [4.69, 9.17) is 5.11 Å². The third-order valence-corrected chi connectivity index (χ3v) is 6.48. The highest BCUT2D eigenvalue weighted by Crippen LogP contribution is 2.33. The topological polar surface area (TPSA) is 57.6 Å². The number of sulfonamides is 1. The fourth-order valence-electron chi connectivity index (χ4n) is 2.14. The minimum atomic E-state index is -3.41. The molecule has 1 saturated carbocycles. The number of hydrogen-bond acceptors (Lipinski definition) is 4. The molecule has 0 radical (unpaired) electrons. The van der Waals surface area contributed by atoms with Gasteiger partial charge in [-0.15, -0.1) is 11.3 Å². The van der Waals surface area contributed by atoms with Crippen molar-refractivity contribution in [3.05, 3.63) is 15.8 Å². The van der Waals surface area contributed by atoms with Crippen molar-refractivity contribution in [1.82, 2.24) is 4.31 Å². The molecule has 1 heterocycles. The fraction of sp³-hybridized carbons (Fsp3) is 0.692. The van der Waals surface area contributed by atoms with Gasteiger partial charge in [0, 0.05) is 22.8 Å². The third kappa shape index (κ3) is 3.37. The summed E-state index contributed by atoms with van der Waals surface area (Å²) in [5, 5.41) is 9.14. The van der Waals surface area contributed by atoms with Crippen LogP contribution in [0.25, 0.3) is 0 Å². The molecule has 0 atom stereocenters. The molecular weight excluding hydrogens is 282 g/mol. The lowest BCUT2D eigenvalue weighted by Crippen LogP contribution is -2.33. The molecule has 4 nitrogen and oxygen atoms in total. The lowest BCUT2D eigenvalue weighted by atomic mass is 10.4. The second kappa shape index (κ2) is 5.91. The monoisotopic (exact) mass is 303 g/mol. The van der Waals surface area contributed by atoms with Crippen LogP contribution in [0.15, 0.2) is 11.0 Å². The smallest absolute Gasteiger partial charge is 0.244 e. The van der Waals surface area contributed by atoms with E-state index in [9.17, 15) is 8.42 Å². The van der Waals surface area contributed by atoms with E-state index in [1.165, 1.54) is 11.3 Å². The highest BCUT2D eigenvalue weighted by molar-refractivity contribution is 7.89. The molecule has 0 unspecified atom stereocenters. The summed E-state index contributed by atoms with van der Waals surface area (Å²) in [7, 11) is -3.41. The Morgan fingerprint density at radius 3 is 2.63 bits per heavy atom. The summed E-state index contributed by atoms with van der Waals surface area (Å²) in [6, 6.07) is 1.62. The first-order valence-electron chi connectivity index (χ1n) is 6.69. The van der Waals surface area contributed by atoms with Crippen LogP contribution in [0.2, 0.25) is 0 Å². The van der Waals surface area contributed by atoms with Crippen molar-refractivity contribution in [3.63, 3.8) is 0 Å². The van der Waals surface area contributed by atoms with Crippen LogP contribution in [0.3, 0.4) is 0 Å². The largest absolute Gasteiger partial charge is 0.391 e. The average molecular weight is 303 g/mol. The standard InChI is InChI=1S/C13H21NO3S2/c1-3-6-14(8-11-4-5-11)19(16,17)13-7-12(9-15)18-10(13)2/h7,11,15H,3-6,8-9H2,1-2H3. The van der Waals surface area contributed by atoms with Crippen molar-refractivity contribution in [1.29, 1.82) is 0 Å². The first kappa shape index (κ1) is 15.0. The zero-order valence-electron chi connectivity index (χ0n) is 11.4. The van der Waals surface area contributed by atoms with Crippen molar-refractivity contribution in [3.8, 4) is 0 Å². The molecule has 0 spiro atoms. The Morgan fingerprint density at radius 2 is 2.16 bits per heavy atom. The maximum Gasteiger partial charge on any atom is 0.244 e. The zero-order chi connectivity index (χ0) is 14.0. The van der Waals surface area contributed by atoms with Crippen LogP contribution in [0, 0.1) is 12.8 Å².